The van der Waals surface area contributed by atoms with Crippen LogP contribution in [-0.4, -0.2) is 62.7 Å². The van der Waals surface area contributed by atoms with Gasteiger partial charge in [0.2, 0.25) is 0 Å². The zero-order valence-electron chi connectivity index (χ0n) is 17.1. The van der Waals surface area contributed by atoms with Crippen LogP contribution >= 0.6 is 8.58 Å². The summed E-state index contributed by atoms with van der Waals surface area (Å²) in [6, 6.07) is 3.75. The summed E-state index contributed by atoms with van der Waals surface area (Å²) in [5.41, 5.74) is 3.37. The van der Waals surface area contributed by atoms with Crippen LogP contribution in [0.4, 0.5) is 13.2 Å². The van der Waals surface area contributed by atoms with Crippen molar-refractivity contribution >= 4 is 42.5 Å². The molecule has 166 valence electrons. The number of hydrogen-bond donors (Lipinski definition) is 0. The van der Waals surface area contributed by atoms with Gasteiger partial charge in [-0.3, -0.25) is 9.88 Å². The van der Waals surface area contributed by atoms with E-state index in [2.05, 4.69) is 19.4 Å². The molecule has 0 amide bonds. The first kappa shape index (κ1) is 21.2. The molecule has 0 bridgehead atoms. The first-order chi connectivity index (χ1) is 15.4. The number of aromatic nitrogens is 4. The lowest BCUT2D eigenvalue weighted by Crippen LogP contribution is -2.35. The van der Waals surface area contributed by atoms with Gasteiger partial charge in [-0.2, -0.15) is 13.2 Å². The number of allylic oxidation sites excluding steroid dienone is 3. The number of carbonyl (C=O) groups is 1. The summed E-state index contributed by atoms with van der Waals surface area (Å²) in [6.45, 7) is 2.09. The van der Waals surface area contributed by atoms with Gasteiger partial charge in [0.1, 0.15) is 17.3 Å². The number of nitrogens with zero attached hydrogens (tertiary/aromatic N) is 5. The summed E-state index contributed by atoms with van der Waals surface area (Å²) in [6.07, 6.45) is 3.09. The molecule has 0 aliphatic carbocycles. The van der Waals surface area contributed by atoms with Crippen LogP contribution in [0.5, 0.6) is 0 Å². The van der Waals surface area contributed by atoms with Crippen molar-refractivity contribution in [1.29, 1.82) is 0 Å². The molecule has 1 unspecified atom stereocenters. The molecule has 1 atom stereocenters. The van der Waals surface area contributed by atoms with Crippen molar-refractivity contribution in [2.75, 3.05) is 25.8 Å². The Hall–Kier alpha value is -2.64. The smallest absolute Gasteiger partial charge is 0.325 e. The van der Waals surface area contributed by atoms with E-state index in [1.165, 1.54) is 6.08 Å². The lowest BCUT2D eigenvalue weighted by molar-refractivity contribution is -0.109. The SMILES string of the molecule is O=CCN1CCC(n2cnc3cnc4ccc(C5=CPCC(C(F)(F)F)=C5)nc4c32)CC1. The fraction of sp³-hybridized carbons (Fsp3) is 0.364. The van der Waals surface area contributed by atoms with Gasteiger partial charge in [-0.1, -0.05) is 14.4 Å². The number of rotatable bonds is 4. The zero-order valence-corrected chi connectivity index (χ0v) is 18.1. The molecule has 0 spiro atoms. The van der Waals surface area contributed by atoms with Crippen LogP contribution in [0.15, 0.2) is 42.1 Å². The molecule has 5 heterocycles. The Balaban J connectivity index is 1.55. The topological polar surface area (TPSA) is 63.9 Å². The van der Waals surface area contributed by atoms with Gasteiger partial charge in [-0.25, -0.2) is 9.97 Å². The van der Waals surface area contributed by atoms with Crippen LogP contribution in [0.1, 0.15) is 24.6 Å². The van der Waals surface area contributed by atoms with E-state index < -0.39 is 11.7 Å². The van der Waals surface area contributed by atoms with E-state index in [1.807, 2.05) is 5.82 Å². The predicted molar refractivity (Wildman–Crippen MR) is 119 cm³/mol. The van der Waals surface area contributed by atoms with Gasteiger partial charge < -0.3 is 9.36 Å². The second kappa shape index (κ2) is 8.37. The molecule has 6 nitrogen and oxygen atoms in total. The molecule has 1 saturated heterocycles. The molecule has 0 aromatic carbocycles. The first-order valence-electron chi connectivity index (χ1n) is 10.4. The zero-order chi connectivity index (χ0) is 22.3. The van der Waals surface area contributed by atoms with Crippen molar-refractivity contribution in [2.24, 2.45) is 0 Å². The number of hydrogen-bond acceptors (Lipinski definition) is 5. The van der Waals surface area contributed by atoms with E-state index in [9.17, 15) is 18.0 Å². The van der Waals surface area contributed by atoms with Crippen molar-refractivity contribution in [3.8, 4) is 0 Å². The molecule has 2 aliphatic heterocycles. The third-order valence-corrected chi connectivity index (χ3v) is 7.17. The Morgan fingerprint density at radius 1 is 1.16 bits per heavy atom. The normalized spacial score (nSPS) is 19.5. The predicted octanol–water partition coefficient (Wildman–Crippen LogP) is 4.34. The summed E-state index contributed by atoms with van der Waals surface area (Å²) in [7, 11) is 0.0711. The van der Waals surface area contributed by atoms with Crippen LogP contribution in [0.3, 0.4) is 0 Å². The van der Waals surface area contributed by atoms with E-state index in [-0.39, 0.29) is 20.8 Å². The minimum atomic E-state index is -4.32. The summed E-state index contributed by atoms with van der Waals surface area (Å²) in [5, 5.41) is 0. The molecular formula is C22H21F3N5OP. The minimum Gasteiger partial charge on any atom is -0.325 e. The fourth-order valence-electron chi connectivity index (χ4n) is 4.38. The lowest BCUT2D eigenvalue weighted by atomic mass is 10.0. The molecule has 0 saturated carbocycles. The largest absolute Gasteiger partial charge is 0.413 e. The maximum atomic E-state index is 13.2. The summed E-state index contributed by atoms with van der Waals surface area (Å²) in [4.78, 5) is 26.6. The molecule has 3 aromatic heterocycles. The van der Waals surface area contributed by atoms with Gasteiger partial charge >= 0.3 is 6.18 Å². The van der Waals surface area contributed by atoms with Crippen LogP contribution in [-0.2, 0) is 4.79 Å². The van der Waals surface area contributed by atoms with Crippen molar-refractivity contribution in [1.82, 2.24) is 24.4 Å². The Kier molecular flexibility index (Phi) is 5.55. The average Bonchev–Trinajstić information content (AvgIpc) is 3.24. The summed E-state index contributed by atoms with van der Waals surface area (Å²) in [5.74, 6) is 1.83. The van der Waals surface area contributed by atoms with Crippen molar-refractivity contribution < 1.29 is 18.0 Å². The third-order valence-electron chi connectivity index (χ3n) is 6.07. The number of aldehydes is 1. The van der Waals surface area contributed by atoms with Crippen LogP contribution < -0.4 is 0 Å². The van der Waals surface area contributed by atoms with E-state index in [0.717, 1.165) is 37.7 Å². The van der Waals surface area contributed by atoms with E-state index >= 15 is 0 Å². The molecule has 0 N–H and O–H groups in total. The Morgan fingerprint density at radius 2 is 1.97 bits per heavy atom. The molecule has 10 heteroatoms. The molecule has 32 heavy (non-hydrogen) atoms. The van der Waals surface area contributed by atoms with E-state index in [1.54, 1.807) is 24.7 Å². The number of alkyl halides is 3. The second-order valence-electron chi connectivity index (χ2n) is 8.05. The van der Waals surface area contributed by atoms with E-state index in [0.29, 0.717) is 34.4 Å². The average molecular weight is 459 g/mol. The standard InChI is InChI=1S/C22H21F3N5OP/c23-22(24,25)15-9-14(11-32-12-15)17-1-2-18-20(28-17)21-19(10-26-18)27-13-30(21)16-3-5-29(6-4-16)7-8-31/h1-2,8-11,13,16,32H,3-7,12H2. The maximum Gasteiger partial charge on any atom is 0.413 e. The minimum absolute atomic E-state index is 0.0158. The fourth-order valence-corrected chi connectivity index (χ4v) is 5.45. The van der Waals surface area contributed by atoms with Gasteiger partial charge in [0.05, 0.1) is 35.8 Å². The molecule has 2 aliphatic rings. The summed E-state index contributed by atoms with van der Waals surface area (Å²) >= 11 is 0. The molecule has 1 fully saturated rings. The highest BCUT2D eigenvalue weighted by Gasteiger charge is 2.34. The summed E-state index contributed by atoms with van der Waals surface area (Å²) < 4.78 is 41.8. The number of halogens is 3. The molecular weight excluding hydrogens is 438 g/mol. The third kappa shape index (κ3) is 3.95. The van der Waals surface area contributed by atoms with E-state index in [4.69, 9.17) is 4.98 Å². The van der Waals surface area contributed by atoms with Crippen LogP contribution in [0.2, 0.25) is 0 Å². The maximum absolute atomic E-state index is 13.2. The number of likely N-dealkylation sites (tertiary alicyclic amines) is 1. The number of fused-ring (bicyclic) bond motifs is 3. The van der Waals surface area contributed by atoms with Crippen LogP contribution in [0.25, 0.3) is 27.6 Å². The Labute approximate surface area is 184 Å². The van der Waals surface area contributed by atoms with Gasteiger partial charge in [-0.15, -0.1) is 0 Å². The van der Waals surface area contributed by atoms with Gasteiger partial charge in [0, 0.05) is 30.3 Å². The van der Waals surface area contributed by atoms with Crippen molar-refractivity contribution in [3.63, 3.8) is 0 Å². The quantitative estimate of drug-likeness (QED) is 0.429. The number of piperidine rings is 1. The highest BCUT2D eigenvalue weighted by atomic mass is 31.1. The van der Waals surface area contributed by atoms with Crippen molar-refractivity contribution in [2.45, 2.75) is 25.1 Å². The van der Waals surface area contributed by atoms with Crippen molar-refractivity contribution in [3.05, 3.63) is 47.8 Å². The highest BCUT2D eigenvalue weighted by molar-refractivity contribution is 7.42. The molecule has 5 rings (SSSR count). The van der Waals surface area contributed by atoms with Gasteiger partial charge in [-0.05, 0) is 37.2 Å². The Bertz CT molecular complexity index is 1240. The monoisotopic (exact) mass is 459 g/mol. The van der Waals surface area contributed by atoms with Gasteiger partial charge in [0.15, 0.2) is 0 Å². The number of carbonyl (C=O) groups excluding carboxylic acids is 1. The molecule has 0 radical (unpaired) electrons. The van der Waals surface area contributed by atoms with Crippen LogP contribution in [0, 0.1) is 0 Å². The van der Waals surface area contributed by atoms with Gasteiger partial charge in [0.25, 0.3) is 0 Å². The highest BCUT2D eigenvalue weighted by Crippen LogP contribution is 2.39. The Morgan fingerprint density at radius 3 is 2.72 bits per heavy atom. The molecule has 3 aromatic rings. The number of imidazole rings is 1. The lowest BCUT2D eigenvalue weighted by Gasteiger charge is -2.31. The first-order valence-corrected chi connectivity index (χ1v) is 11.7. The second-order valence-corrected chi connectivity index (χ2v) is 9.10. The number of pyridine rings is 2.